The number of ether oxygens (including phenoxy) is 1. The Bertz CT molecular complexity index is 985. The number of amides is 1. The zero-order chi connectivity index (χ0) is 23.5. The number of likely N-dealkylation sites (tertiary alicyclic amines) is 1. The van der Waals surface area contributed by atoms with E-state index < -0.39 is 11.4 Å². The number of benzene rings is 1. The lowest BCUT2D eigenvalue weighted by molar-refractivity contribution is 0.0205. The highest BCUT2D eigenvalue weighted by atomic mass is 35.5. The fourth-order valence-electron chi connectivity index (χ4n) is 3.69. The SMILES string of the molecule is CN(c1cccc(CC(=O)c2ccc(F)cc2Cl)n1)C1CCN(C(=O)OC(C)(C)C)CC1. The van der Waals surface area contributed by atoms with Crippen molar-refractivity contribution in [3.8, 4) is 0 Å². The van der Waals surface area contributed by atoms with Gasteiger partial charge >= 0.3 is 6.09 Å². The van der Waals surface area contributed by atoms with Gasteiger partial charge in [-0.1, -0.05) is 17.7 Å². The molecule has 6 nitrogen and oxygen atoms in total. The standard InChI is InChI=1S/C24H29ClFN3O3/c1-24(2,3)32-23(31)29-12-10-18(11-13-29)28(4)22-7-5-6-17(27-22)15-21(30)19-9-8-16(26)14-20(19)25/h5-9,14,18H,10-13,15H2,1-4H3. The molecule has 0 radical (unpaired) electrons. The lowest BCUT2D eigenvalue weighted by Crippen LogP contribution is -2.47. The molecule has 1 fully saturated rings. The van der Waals surface area contributed by atoms with Crippen molar-refractivity contribution in [1.82, 2.24) is 9.88 Å². The van der Waals surface area contributed by atoms with Gasteiger partial charge in [0.15, 0.2) is 5.78 Å². The predicted molar refractivity (Wildman–Crippen MR) is 123 cm³/mol. The second-order valence-electron chi connectivity index (χ2n) is 9.02. The van der Waals surface area contributed by atoms with Gasteiger partial charge in [-0.15, -0.1) is 0 Å². The second-order valence-corrected chi connectivity index (χ2v) is 9.43. The molecule has 1 aromatic heterocycles. The zero-order valence-corrected chi connectivity index (χ0v) is 19.7. The fourth-order valence-corrected chi connectivity index (χ4v) is 3.96. The minimum absolute atomic E-state index is 0.0735. The van der Waals surface area contributed by atoms with Crippen molar-refractivity contribution in [2.75, 3.05) is 25.0 Å². The largest absolute Gasteiger partial charge is 0.444 e. The van der Waals surface area contributed by atoms with E-state index in [1.165, 1.54) is 12.1 Å². The van der Waals surface area contributed by atoms with Gasteiger partial charge in [-0.3, -0.25) is 4.79 Å². The summed E-state index contributed by atoms with van der Waals surface area (Å²) in [7, 11) is 1.97. The van der Waals surface area contributed by atoms with Crippen LogP contribution in [0, 0.1) is 5.82 Å². The Morgan fingerprint density at radius 3 is 2.53 bits per heavy atom. The van der Waals surface area contributed by atoms with E-state index >= 15 is 0 Å². The summed E-state index contributed by atoms with van der Waals surface area (Å²) in [6.45, 7) is 6.81. The topological polar surface area (TPSA) is 62.7 Å². The minimum atomic E-state index is -0.509. The van der Waals surface area contributed by atoms with E-state index in [-0.39, 0.29) is 34.9 Å². The Hall–Kier alpha value is -2.67. The molecule has 1 saturated heterocycles. The van der Waals surface area contributed by atoms with Gasteiger partial charge in [0, 0.05) is 31.7 Å². The summed E-state index contributed by atoms with van der Waals surface area (Å²) >= 11 is 6.02. The Balaban J connectivity index is 1.61. The molecule has 1 aliphatic heterocycles. The number of ketones is 1. The predicted octanol–water partition coefficient (Wildman–Crippen LogP) is 5.14. The number of rotatable bonds is 5. The van der Waals surface area contributed by atoms with E-state index in [9.17, 15) is 14.0 Å². The van der Waals surface area contributed by atoms with Crippen LogP contribution in [0.1, 0.15) is 49.7 Å². The summed E-state index contributed by atoms with van der Waals surface area (Å²) in [5.74, 6) is 0.0650. The summed E-state index contributed by atoms with van der Waals surface area (Å²) in [6.07, 6.45) is 1.39. The molecule has 3 rings (SSSR count). The Morgan fingerprint density at radius 1 is 1.22 bits per heavy atom. The number of piperidine rings is 1. The van der Waals surface area contributed by atoms with Gasteiger partial charge in [-0.05, 0) is 63.9 Å². The van der Waals surface area contributed by atoms with Crippen LogP contribution in [0.2, 0.25) is 5.02 Å². The molecule has 1 amide bonds. The van der Waals surface area contributed by atoms with E-state index in [1.807, 2.05) is 40.0 Å². The summed E-state index contributed by atoms with van der Waals surface area (Å²) in [4.78, 5) is 33.4. The number of nitrogens with zero attached hydrogens (tertiary/aromatic N) is 3. The molecule has 2 aromatic rings. The fraction of sp³-hybridized carbons (Fsp3) is 0.458. The van der Waals surface area contributed by atoms with Gasteiger partial charge in [0.1, 0.15) is 17.2 Å². The minimum Gasteiger partial charge on any atom is -0.444 e. The number of hydrogen-bond donors (Lipinski definition) is 0. The van der Waals surface area contributed by atoms with Crippen molar-refractivity contribution in [2.45, 2.75) is 51.7 Å². The smallest absolute Gasteiger partial charge is 0.410 e. The molecule has 0 saturated carbocycles. The highest BCUT2D eigenvalue weighted by Gasteiger charge is 2.29. The second kappa shape index (κ2) is 9.86. The maximum absolute atomic E-state index is 13.3. The van der Waals surface area contributed by atoms with Gasteiger partial charge < -0.3 is 14.5 Å². The summed E-state index contributed by atoms with van der Waals surface area (Å²) in [5, 5.41) is 0.0972. The molecule has 1 aliphatic rings. The Morgan fingerprint density at radius 2 is 1.91 bits per heavy atom. The van der Waals surface area contributed by atoms with Gasteiger partial charge in [0.25, 0.3) is 0 Å². The maximum Gasteiger partial charge on any atom is 0.410 e. The van der Waals surface area contributed by atoms with Crippen LogP contribution in [0.15, 0.2) is 36.4 Å². The lowest BCUT2D eigenvalue weighted by Gasteiger charge is -2.37. The van der Waals surface area contributed by atoms with E-state index in [0.717, 1.165) is 24.7 Å². The van der Waals surface area contributed by atoms with Crippen molar-refractivity contribution in [1.29, 1.82) is 0 Å². The number of aromatic nitrogens is 1. The quantitative estimate of drug-likeness (QED) is 0.577. The molecule has 0 bridgehead atoms. The van der Waals surface area contributed by atoms with Crippen LogP contribution in [0.3, 0.4) is 0 Å². The molecule has 0 spiro atoms. The van der Waals surface area contributed by atoms with Crippen LogP contribution in [0.25, 0.3) is 0 Å². The molecule has 0 N–H and O–H groups in total. The van der Waals surface area contributed by atoms with Crippen molar-refractivity contribution < 1.29 is 18.7 Å². The highest BCUT2D eigenvalue weighted by molar-refractivity contribution is 6.34. The zero-order valence-electron chi connectivity index (χ0n) is 18.9. The first-order valence-electron chi connectivity index (χ1n) is 10.7. The van der Waals surface area contributed by atoms with Crippen LogP contribution < -0.4 is 4.90 Å². The van der Waals surface area contributed by atoms with E-state index in [0.29, 0.717) is 18.8 Å². The summed E-state index contributed by atoms with van der Waals surface area (Å²) in [5.41, 5.74) is 0.388. The third-order valence-electron chi connectivity index (χ3n) is 5.39. The van der Waals surface area contributed by atoms with Crippen LogP contribution in [0.4, 0.5) is 15.0 Å². The van der Waals surface area contributed by atoms with Crippen LogP contribution in [-0.4, -0.2) is 53.5 Å². The molecule has 0 atom stereocenters. The first kappa shape index (κ1) is 24.0. The van der Waals surface area contributed by atoms with Crippen LogP contribution in [-0.2, 0) is 11.2 Å². The average Bonchev–Trinajstić information content (AvgIpc) is 2.72. The molecule has 1 aromatic carbocycles. The normalized spacial score (nSPS) is 14.9. The van der Waals surface area contributed by atoms with E-state index in [1.54, 1.807) is 11.0 Å². The van der Waals surface area contributed by atoms with Gasteiger partial charge in [0.2, 0.25) is 0 Å². The van der Waals surface area contributed by atoms with E-state index in [4.69, 9.17) is 16.3 Å². The van der Waals surface area contributed by atoms with Gasteiger partial charge in [-0.25, -0.2) is 14.2 Å². The number of pyridine rings is 1. The molecular weight excluding hydrogens is 433 g/mol. The molecule has 32 heavy (non-hydrogen) atoms. The van der Waals surface area contributed by atoms with Gasteiger partial charge in [-0.2, -0.15) is 0 Å². The highest BCUT2D eigenvalue weighted by Crippen LogP contribution is 2.23. The third kappa shape index (κ3) is 6.19. The average molecular weight is 462 g/mol. The van der Waals surface area contributed by atoms with Gasteiger partial charge in [0.05, 0.1) is 17.1 Å². The summed E-state index contributed by atoms with van der Waals surface area (Å²) in [6, 6.07) is 9.53. The third-order valence-corrected chi connectivity index (χ3v) is 5.70. The molecular formula is C24H29ClFN3O3. The van der Waals surface area contributed by atoms with Crippen molar-refractivity contribution in [3.05, 3.63) is 58.5 Å². The molecule has 2 heterocycles. The number of halogens is 2. The molecule has 8 heteroatoms. The summed E-state index contributed by atoms with van der Waals surface area (Å²) < 4.78 is 18.7. The molecule has 0 aliphatic carbocycles. The number of carbonyl (C=O) groups excluding carboxylic acids is 2. The van der Waals surface area contributed by atoms with Crippen LogP contribution in [0.5, 0.6) is 0 Å². The van der Waals surface area contributed by atoms with Crippen LogP contribution >= 0.6 is 11.6 Å². The lowest BCUT2D eigenvalue weighted by atomic mass is 10.0. The van der Waals surface area contributed by atoms with Crippen molar-refractivity contribution in [2.24, 2.45) is 0 Å². The number of hydrogen-bond acceptors (Lipinski definition) is 5. The maximum atomic E-state index is 13.3. The molecule has 0 unspecified atom stereocenters. The Kier molecular flexibility index (Phi) is 7.39. The number of carbonyl (C=O) groups is 2. The molecule has 172 valence electrons. The first-order chi connectivity index (χ1) is 15.0. The van der Waals surface area contributed by atoms with E-state index in [2.05, 4.69) is 9.88 Å². The number of Topliss-reactive ketones (excluding diaryl/α,β-unsaturated/α-hetero) is 1. The Labute approximate surface area is 193 Å². The number of anilines is 1. The van der Waals surface area contributed by atoms with Crippen molar-refractivity contribution >= 4 is 29.3 Å². The first-order valence-corrected chi connectivity index (χ1v) is 11.1. The van der Waals surface area contributed by atoms with Crippen molar-refractivity contribution in [3.63, 3.8) is 0 Å². The monoisotopic (exact) mass is 461 g/mol.